The Morgan fingerprint density at radius 1 is 1.00 bits per heavy atom. The van der Waals surface area contributed by atoms with E-state index in [4.69, 9.17) is 18.9 Å². The van der Waals surface area contributed by atoms with Crippen molar-refractivity contribution >= 4 is 0 Å². The van der Waals surface area contributed by atoms with E-state index >= 15 is 0 Å². The molecule has 2 aromatic rings. The molecule has 0 amide bonds. The molecule has 0 radical (unpaired) electrons. The third kappa shape index (κ3) is 3.77. The highest BCUT2D eigenvalue weighted by Gasteiger charge is 2.44. The number of methoxy groups -OCH3 is 1. The van der Waals surface area contributed by atoms with Crippen LogP contribution in [0.5, 0.6) is 17.2 Å². The predicted octanol–water partition coefficient (Wildman–Crippen LogP) is 0.530. The summed E-state index contributed by atoms with van der Waals surface area (Å²) < 4.78 is 22.0. The van der Waals surface area contributed by atoms with Gasteiger partial charge in [0, 0.05) is 12.0 Å². The maximum absolute atomic E-state index is 10.5. The average Bonchev–Trinajstić information content (AvgIpc) is 3.22. The summed E-state index contributed by atoms with van der Waals surface area (Å²) in [7, 11) is 1.61. The molecular weight excluding hydrogens is 380 g/mol. The first-order valence-electron chi connectivity index (χ1n) is 9.37. The minimum absolute atomic E-state index is 0.0864. The fourth-order valence-corrected chi connectivity index (χ4v) is 3.74. The Balaban J connectivity index is 1.67. The van der Waals surface area contributed by atoms with Gasteiger partial charge in [0.15, 0.2) is 11.5 Å². The van der Waals surface area contributed by atoms with Crippen LogP contribution < -0.4 is 14.2 Å². The van der Waals surface area contributed by atoms with Crippen LogP contribution in [0.1, 0.15) is 22.8 Å². The Bertz CT molecular complexity index is 851. The highest BCUT2D eigenvalue weighted by Crippen LogP contribution is 2.42. The van der Waals surface area contributed by atoms with Crippen molar-refractivity contribution in [2.24, 2.45) is 0 Å². The monoisotopic (exact) mass is 404 g/mol. The third-order valence-corrected chi connectivity index (χ3v) is 5.35. The van der Waals surface area contributed by atoms with Crippen molar-refractivity contribution in [3.8, 4) is 17.2 Å². The minimum atomic E-state index is -1.44. The lowest BCUT2D eigenvalue weighted by Crippen LogP contribution is -2.55. The summed E-state index contributed by atoms with van der Waals surface area (Å²) in [6.07, 6.45) is -5.58. The highest BCUT2D eigenvalue weighted by atomic mass is 16.7. The second-order valence-corrected chi connectivity index (χ2v) is 7.19. The largest absolute Gasteiger partial charge is 0.497 e. The van der Waals surface area contributed by atoms with E-state index in [-0.39, 0.29) is 6.79 Å². The topological polar surface area (TPSA) is 118 Å². The molecule has 0 bridgehead atoms. The van der Waals surface area contributed by atoms with Crippen molar-refractivity contribution in [2.75, 3.05) is 20.5 Å². The first-order valence-corrected chi connectivity index (χ1v) is 9.37. The number of benzene rings is 2. The van der Waals surface area contributed by atoms with Gasteiger partial charge in [-0.2, -0.15) is 0 Å². The number of fused-ring (bicyclic) bond motifs is 1. The molecule has 0 spiro atoms. The number of aliphatic hydroxyl groups excluding tert-OH is 4. The maximum Gasteiger partial charge on any atom is 0.231 e. The molecule has 2 aliphatic heterocycles. The molecule has 2 aliphatic rings. The van der Waals surface area contributed by atoms with E-state index in [0.717, 1.165) is 16.9 Å². The van der Waals surface area contributed by atoms with E-state index in [1.807, 2.05) is 30.3 Å². The zero-order valence-corrected chi connectivity index (χ0v) is 15.9. The van der Waals surface area contributed by atoms with Crippen molar-refractivity contribution < 1.29 is 39.4 Å². The Kier molecular flexibility index (Phi) is 5.62. The van der Waals surface area contributed by atoms with E-state index in [0.29, 0.717) is 23.5 Å². The number of rotatable bonds is 5. The lowest BCUT2D eigenvalue weighted by Gasteiger charge is -2.40. The van der Waals surface area contributed by atoms with Gasteiger partial charge in [-0.05, 0) is 35.4 Å². The maximum atomic E-state index is 10.5. The lowest BCUT2D eigenvalue weighted by molar-refractivity contribution is -0.231. The number of hydrogen-bond acceptors (Lipinski definition) is 8. The van der Waals surface area contributed by atoms with Crippen LogP contribution in [0, 0.1) is 0 Å². The van der Waals surface area contributed by atoms with E-state index in [1.165, 1.54) is 0 Å². The molecule has 0 saturated carbocycles. The smallest absolute Gasteiger partial charge is 0.231 e. The van der Waals surface area contributed by atoms with Gasteiger partial charge in [-0.25, -0.2) is 0 Å². The van der Waals surface area contributed by atoms with Crippen LogP contribution in [0.15, 0.2) is 36.4 Å². The fourth-order valence-electron chi connectivity index (χ4n) is 3.74. The van der Waals surface area contributed by atoms with Gasteiger partial charge in [-0.3, -0.25) is 0 Å². The number of ether oxygens (including phenoxy) is 4. The standard InChI is InChI=1S/C21H24O8/c1-26-14-4-2-11(3-5-14)6-12-7-13(8-15-20(12)28-10-27-15)21-19(25)18(24)17(23)16(9-22)29-21/h2-5,7-8,16-19,21-25H,6,9-10H2,1H3/t16-,17-,18+,19-,21+/m1/s1. The van der Waals surface area contributed by atoms with Crippen LogP contribution in [0.2, 0.25) is 0 Å². The molecule has 5 atom stereocenters. The quantitative estimate of drug-likeness (QED) is 0.570. The second-order valence-electron chi connectivity index (χ2n) is 7.19. The van der Waals surface area contributed by atoms with Crippen molar-refractivity contribution in [1.82, 2.24) is 0 Å². The van der Waals surface area contributed by atoms with Crippen molar-refractivity contribution in [1.29, 1.82) is 0 Å². The minimum Gasteiger partial charge on any atom is -0.497 e. The molecule has 0 aromatic heterocycles. The summed E-state index contributed by atoms with van der Waals surface area (Å²) in [6.45, 7) is -0.395. The zero-order valence-electron chi connectivity index (χ0n) is 15.9. The predicted molar refractivity (Wildman–Crippen MR) is 101 cm³/mol. The van der Waals surface area contributed by atoms with Gasteiger partial charge in [-0.1, -0.05) is 12.1 Å². The summed E-state index contributed by atoms with van der Waals surface area (Å²) >= 11 is 0. The van der Waals surface area contributed by atoms with Gasteiger partial charge in [0.2, 0.25) is 6.79 Å². The van der Waals surface area contributed by atoms with Crippen LogP contribution in [0.3, 0.4) is 0 Å². The Morgan fingerprint density at radius 2 is 1.76 bits per heavy atom. The first-order chi connectivity index (χ1) is 14.0. The second kappa shape index (κ2) is 8.17. The average molecular weight is 404 g/mol. The SMILES string of the molecule is COc1ccc(Cc2cc([C@@H]3O[C@H](CO)[C@@H](O)[C@H](O)[C@H]3O)cc3c2OCO3)cc1. The van der Waals surface area contributed by atoms with Gasteiger partial charge < -0.3 is 39.4 Å². The molecule has 29 heavy (non-hydrogen) atoms. The normalized spacial score (nSPS) is 28.4. The molecule has 0 unspecified atom stereocenters. The molecule has 1 fully saturated rings. The van der Waals surface area contributed by atoms with E-state index < -0.39 is 37.1 Å². The van der Waals surface area contributed by atoms with Gasteiger partial charge in [0.1, 0.15) is 36.3 Å². The van der Waals surface area contributed by atoms with Gasteiger partial charge in [0.25, 0.3) is 0 Å². The lowest BCUT2D eigenvalue weighted by atomic mass is 9.89. The summed E-state index contributed by atoms with van der Waals surface area (Å²) in [4.78, 5) is 0. The fraction of sp³-hybridized carbons (Fsp3) is 0.429. The number of aliphatic hydroxyl groups is 4. The van der Waals surface area contributed by atoms with Crippen LogP contribution in [-0.4, -0.2) is 65.4 Å². The van der Waals surface area contributed by atoms with Crippen LogP contribution >= 0.6 is 0 Å². The van der Waals surface area contributed by atoms with Crippen LogP contribution in [0.25, 0.3) is 0 Å². The molecule has 1 saturated heterocycles. The molecule has 4 N–H and O–H groups in total. The van der Waals surface area contributed by atoms with Gasteiger partial charge in [-0.15, -0.1) is 0 Å². The molecule has 2 aromatic carbocycles. The Hall–Kier alpha value is -2.36. The molecular formula is C21H24O8. The molecule has 2 heterocycles. The summed E-state index contributed by atoms with van der Waals surface area (Å²) in [6, 6.07) is 11.1. The highest BCUT2D eigenvalue weighted by molar-refractivity contribution is 5.53. The van der Waals surface area contributed by atoms with E-state index in [2.05, 4.69) is 0 Å². The van der Waals surface area contributed by atoms with Crippen LogP contribution in [0.4, 0.5) is 0 Å². The molecule has 0 aliphatic carbocycles. The molecule has 8 nitrogen and oxygen atoms in total. The van der Waals surface area contributed by atoms with Crippen molar-refractivity contribution in [3.63, 3.8) is 0 Å². The molecule has 4 rings (SSSR count). The van der Waals surface area contributed by atoms with Crippen molar-refractivity contribution in [2.45, 2.75) is 36.9 Å². The summed E-state index contributed by atoms with van der Waals surface area (Å²) in [5.41, 5.74) is 2.42. The van der Waals surface area contributed by atoms with Gasteiger partial charge in [0.05, 0.1) is 13.7 Å². The first kappa shape index (κ1) is 19.9. The van der Waals surface area contributed by atoms with E-state index in [1.54, 1.807) is 13.2 Å². The van der Waals surface area contributed by atoms with E-state index in [9.17, 15) is 20.4 Å². The van der Waals surface area contributed by atoms with Gasteiger partial charge >= 0.3 is 0 Å². The summed E-state index contributed by atoms with van der Waals surface area (Å²) in [5.74, 6) is 1.89. The summed E-state index contributed by atoms with van der Waals surface area (Å²) in [5, 5.41) is 40.0. The van der Waals surface area contributed by atoms with Crippen molar-refractivity contribution in [3.05, 3.63) is 53.1 Å². The Labute approximate surface area is 167 Å². The molecule has 156 valence electrons. The third-order valence-electron chi connectivity index (χ3n) is 5.35. The molecule has 8 heteroatoms. The van der Waals surface area contributed by atoms with Crippen LogP contribution in [-0.2, 0) is 11.2 Å². The Morgan fingerprint density at radius 3 is 2.45 bits per heavy atom. The zero-order chi connectivity index (χ0) is 20.5. The number of hydrogen-bond donors (Lipinski definition) is 4.